The molecular weight excluding hydrogens is 390 g/mol. The van der Waals surface area contributed by atoms with Crippen LogP contribution in [-0.4, -0.2) is 30.3 Å². The molecule has 0 radical (unpaired) electrons. The third-order valence-corrected chi connectivity index (χ3v) is 3.39. The van der Waals surface area contributed by atoms with Crippen molar-refractivity contribution in [1.29, 1.82) is 0 Å². The molecule has 25 heavy (non-hydrogen) atoms. The van der Waals surface area contributed by atoms with Crippen molar-refractivity contribution in [3.63, 3.8) is 0 Å². The van der Waals surface area contributed by atoms with Crippen molar-refractivity contribution < 1.29 is 37.0 Å². The number of carbonyl (C=O) groups excluding carboxylic acids is 1. The average Bonchev–Trinajstić information content (AvgIpc) is 2.83. The molecule has 6 nitrogen and oxygen atoms in total. The first-order valence-corrected chi connectivity index (χ1v) is 7.21. The first-order chi connectivity index (χ1) is 11.4. The molecule has 11 heteroatoms. The fraction of sp³-hybridized carbons (Fsp3) is 0.286. The number of aliphatic carboxylic acids is 1. The number of ether oxygens (including phenoxy) is 1. The summed E-state index contributed by atoms with van der Waals surface area (Å²) in [5.74, 6) is -2.88. The maximum atomic E-state index is 11.7. The van der Waals surface area contributed by atoms with Gasteiger partial charge in [-0.2, -0.15) is 13.2 Å². The van der Waals surface area contributed by atoms with Gasteiger partial charge in [0.25, 0.3) is 0 Å². The summed E-state index contributed by atoms with van der Waals surface area (Å²) >= 11 is 12.1. The number of rotatable bonds is 2. The highest BCUT2D eigenvalue weighted by molar-refractivity contribution is 6.38. The van der Waals surface area contributed by atoms with E-state index in [9.17, 15) is 18.0 Å². The van der Waals surface area contributed by atoms with Crippen LogP contribution >= 0.6 is 23.2 Å². The molecule has 0 aliphatic heterocycles. The van der Waals surface area contributed by atoms with E-state index in [0.29, 0.717) is 26.8 Å². The number of furan rings is 1. The van der Waals surface area contributed by atoms with Crippen LogP contribution in [0, 0.1) is 0 Å². The number of benzene rings is 1. The van der Waals surface area contributed by atoms with Crippen LogP contribution in [0.3, 0.4) is 0 Å². The molecule has 2 aromatic rings. The van der Waals surface area contributed by atoms with Gasteiger partial charge in [-0.05, 0) is 19.1 Å². The molecule has 1 aromatic heterocycles. The highest BCUT2D eigenvalue weighted by atomic mass is 35.5. The van der Waals surface area contributed by atoms with E-state index in [1.54, 1.807) is 13.0 Å². The Hall–Kier alpha value is -1.97. The highest BCUT2D eigenvalue weighted by Gasteiger charge is 2.38. The fourth-order valence-corrected chi connectivity index (χ4v) is 2.28. The van der Waals surface area contributed by atoms with Gasteiger partial charge in [0.05, 0.1) is 18.2 Å². The molecule has 3 N–H and O–H groups in total. The molecule has 138 valence electrons. The minimum Gasteiger partial charge on any atom is -0.475 e. The molecule has 1 heterocycles. The zero-order valence-electron chi connectivity index (χ0n) is 12.8. The Labute approximate surface area is 149 Å². The van der Waals surface area contributed by atoms with Crippen molar-refractivity contribution in [3.05, 3.63) is 33.5 Å². The number of fused-ring (bicyclic) bond motifs is 1. The van der Waals surface area contributed by atoms with E-state index < -0.39 is 18.1 Å². The summed E-state index contributed by atoms with van der Waals surface area (Å²) in [5, 5.41) is 8.42. The Morgan fingerprint density at radius 3 is 2.24 bits per heavy atom. The fourth-order valence-electron chi connectivity index (χ4n) is 1.71. The van der Waals surface area contributed by atoms with E-state index in [-0.39, 0.29) is 11.6 Å². The minimum absolute atomic E-state index is 0.230. The van der Waals surface area contributed by atoms with Crippen molar-refractivity contribution in [2.45, 2.75) is 19.1 Å². The molecule has 1 aromatic carbocycles. The molecular formula is C14H12Cl2F3NO5. The van der Waals surface area contributed by atoms with Crippen LogP contribution in [0.4, 0.5) is 13.2 Å². The predicted molar refractivity (Wildman–Crippen MR) is 83.9 cm³/mol. The number of alkyl halides is 3. The van der Waals surface area contributed by atoms with Gasteiger partial charge < -0.3 is 20.0 Å². The zero-order chi connectivity index (χ0) is 19.5. The van der Waals surface area contributed by atoms with Crippen molar-refractivity contribution in [2.75, 3.05) is 7.11 Å². The van der Waals surface area contributed by atoms with Gasteiger partial charge in [-0.3, -0.25) is 0 Å². The van der Waals surface area contributed by atoms with Crippen LogP contribution in [0.2, 0.25) is 10.0 Å². The van der Waals surface area contributed by atoms with Gasteiger partial charge in [0.2, 0.25) is 0 Å². The number of methoxy groups -OCH3 is 1. The van der Waals surface area contributed by atoms with Gasteiger partial charge in [0.15, 0.2) is 5.58 Å². The summed E-state index contributed by atoms with van der Waals surface area (Å²) in [5.41, 5.74) is 6.31. The molecule has 0 unspecified atom stereocenters. The number of carboxylic acid groups (broad SMARTS) is 1. The first-order valence-electron chi connectivity index (χ1n) is 6.45. The summed E-state index contributed by atoms with van der Waals surface area (Å²) in [7, 11) is 1.28. The Morgan fingerprint density at radius 1 is 1.32 bits per heavy atom. The Bertz CT molecular complexity index is 802. The highest BCUT2D eigenvalue weighted by Crippen LogP contribution is 2.37. The summed E-state index contributed by atoms with van der Waals surface area (Å²) in [4.78, 5) is 20.6. The molecule has 2 rings (SSSR count). The number of esters is 1. The SMILES string of the molecule is COC(=O)c1cc(Cl)cc2c(Cl)c([C@H](C)N)oc12.O=C(O)C(F)(F)F. The average molecular weight is 402 g/mol. The Kier molecular flexibility index (Phi) is 6.69. The van der Waals surface area contributed by atoms with Crippen LogP contribution < -0.4 is 5.73 Å². The molecule has 0 fully saturated rings. The van der Waals surface area contributed by atoms with E-state index in [4.69, 9.17) is 43.3 Å². The maximum absolute atomic E-state index is 11.7. The monoisotopic (exact) mass is 401 g/mol. The minimum atomic E-state index is -5.08. The topological polar surface area (TPSA) is 103 Å². The van der Waals surface area contributed by atoms with Gasteiger partial charge in [0.1, 0.15) is 11.3 Å². The summed E-state index contributed by atoms with van der Waals surface area (Å²) < 4.78 is 42.0. The molecule has 0 saturated heterocycles. The smallest absolute Gasteiger partial charge is 0.475 e. The number of nitrogens with two attached hydrogens (primary N) is 1. The van der Waals surface area contributed by atoms with Crippen molar-refractivity contribution in [3.8, 4) is 0 Å². The summed E-state index contributed by atoms with van der Waals surface area (Å²) in [6, 6.07) is 2.72. The first kappa shape index (κ1) is 21.1. The third kappa shape index (κ3) is 5.00. The number of carbonyl (C=O) groups is 2. The molecule has 0 bridgehead atoms. The molecule has 0 aliphatic carbocycles. The Balaban J connectivity index is 0.000000381. The van der Waals surface area contributed by atoms with E-state index in [2.05, 4.69) is 4.74 Å². The van der Waals surface area contributed by atoms with Crippen LogP contribution in [-0.2, 0) is 9.53 Å². The lowest BCUT2D eigenvalue weighted by Gasteiger charge is -2.01. The predicted octanol–water partition coefficient (Wildman–Crippen LogP) is 4.18. The second kappa shape index (κ2) is 7.94. The van der Waals surface area contributed by atoms with Gasteiger partial charge in [-0.1, -0.05) is 23.2 Å². The Morgan fingerprint density at radius 2 is 1.84 bits per heavy atom. The summed E-state index contributed by atoms with van der Waals surface area (Å²) in [6.07, 6.45) is -5.08. The normalized spacial score (nSPS) is 12.3. The number of hydrogen-bond donors (Lipinski definition) is 2. The van der Waals surface area contributed by atoms with E-state index in [1.165, 1.54) is 13.2 Å². The zero-order valence-corrected chi connectivity index (χ0v) is 14.3. The lowest BCUT2D eigenvalue weighted by molar-refractivity contribution is -0.192. The van der Waals surface area contributed by atoms with Crippen LogP contribution in [0.15, 0.2) is 16.5 Å². The van der Waals surface area contributed by atoms with Crippen molar-refractivity contribution in [2.24, 2.45) is 5.73 Å². The van der Waals surface area contributed by atoms with Gasteiger partial charge in [0, 0.05) is 10.4 Å². The number of carboxylic acids is 1. The maximum Gasteiger partial charge on any atom is 0.490 e. The van der Waals surface area contributed by atoms with E-state index >= 15 is 0 Å². The van der Waals surface area contributed by atoms with Crippen LogP contribution in [0.1, 0.15) is 29.1 Å². The second-order valence-corrected chi connectivity index (χ2v) is 5.51. The van der Waals surface area contributed by atoms with Gasteiger partial charge in [-0.25, -0.2) is 9.59 Å². The van der Waals surface area contributed by atoms with Gasteiger partial charge >= 0.3 is 18.1 Å². The quantitative estimate of drug-likeness (QED) is 0.731. The van der Waals surface area contributed by atoms with Gasteiger partial charge in [-0.15, -0.1) is 0 Å². The van der Waals surface area contributed by atoms with Crippen LogP contribution in [0.25, 0.3) is 11.0 Å². The molecule has 0 saturated carbocycles. The summed E-state index contributed by atoms with van der Waals surface area (Å²) in [6.45, 7) is 1.74. The molecule has 1 atom stereocenters. The number of hydrogen-bond acceptors (Lipinski definition) is 5. The number of halogens is 5. The van der Waals surface area contributed by atoms with Crippen molar-refractivity contribution >= 4 is 46.1 Å². The molecule has 0 amide bonds. The molecule has 0 aliphatic rings. The standard InChI is InChI=1S/C12H11Cl2NO3.C2HF3O2/c1-5(15)10-9(14)7-3-6(13)4-8(11(7)18-10)12(16)17-2;3-2(4,5)1(6)7/h3-5H,15H2,1-2H3;(H,6,7)/t5-;/m0./s1. The largest absolute Gasteiger partial charge is 0.490 e. The molecule has 0 spiro atoms. The van der Waals surface area contributed by atoms with Crippen LogP contribution in [0.5, 0.6) is 0 Å². The van der Waals surface area contributed by atoms with Crippen molar-refractivity contribution in [1.82, 2.24) is 0 Å². The lowest BCUT2D eigenvalue weighted by atomic mass is 10.1. The third-order valence-electron chi connectivity index (χ3n) is 2.78. The van der Waals surface area contributed by atoms with E-state index in [1.807, 2.05) is 0 Å². The van der Waals surface area contributed by atoms with E-state index in [0.717, 1.165) is 0 Å². The second-order valence-electron chi connectivity index (χ2n) is 4.69. The lowest BCUT2D eigenvalue weighted by Crippen LogP contribution is -2.21.